The van der Waals surface area contributed by atoms with Crippen LogP contribution in [0.3, 0.4) is 0 Å². The predicted molar refractivity (Wildman–Crippen MR) is 64.0 cm³/mol. The first kappa shape index (κ1) is 10.8. The van der Waals surface area contributed by atoms with E-state index in [-0.39, 0.29) is 21.8 Å². The summed E-state index contributed by atoms with van der Waals surface area (Å²) in [7, 11) is 0. The highest BCUT2D eigenvalue weighted by molar-refractivity contribution is 9.10. The zero-order valence-corrected chi connectivity index (χ0v) is 10.7. The van der Waals surface area contributed by atoms with Crippen molar-refractivity contribution >= 4 is 44.6 Å². The first-order valence-electron chi connectivity index (χ1n) is 4.71. The minimum absolute atomic E-state index is 0.0266. The average Bonchev–Trinajstić information content (AvgIpc) is 2.93. The largest absolute Gasteiger partial charge is 0.476 e. The molecule has 1 unspecified atom stereocenters. The fraction of sp³-hybridized carbons (Fsp3) is 0.222. The highest BCUT2D eigenvalue weighted by atomic mass is 79.9. The number of carboxylic acids is 1. The van der Waals surface area contributed by atoms with E-state index in [1.807, 2.05) is 0 Å². The van der Waals surface area contributed by atoms with Crippen LogP contribution in [-0.2, 0) is 9.59 Å². The molecule has 0 aliphatic carbocycles. The number of hydrogen-bond acceptors (Lipinski definition) is 4. The normalized spacial score (nSPS) is 27.1. The average molecular weight is 316 g/mol. The van der Waals surface area contributed by atoms with Crippen molar-refractivity contribution in [3.05, 3.63) is 24.4 Å². The molecule has 1 saturated heterocycles. The van der Waals surface area contributed by atoms with Crippen LogP contribution in [0.2, 0.25) is 0 Å². The van der Waals surface area contributed by atoms with Gasteiger partial charge in [0.25, 0.3) is 0 Å². The molecule has 2 atom stereocenters. The maximum Gasteiger partial charge on any atom is 0.355 e. The standard InChI is InChI=1S/C9H6BrN3O3S/c10-4-6(14)13-5(9(15)16)8(17-7(4)13)12-2-1-11-3-12/h1-4,7H,(H,15,16)/t4?,7-/m1/s1. The number of carbonyl (C=O) groups is 2. The molecule has 1 fully saturated rings. The Labute approximate surface area is 108 Å². The van der Waals surface area contributed by atoms with Gasteiger partial charge in [-0.3, -0.25) is 14.3 Å². The molecule has 0 saturated carbocycles. The van der Waals surface area contributed by atoms with Crippen LogP contribution < -0.4 is 0 Å². The third kappa shape index (κ3) is 1.37. The number of β-lactam (4-membered cyclic amide) rings is 1. The Kier molecular flexibility index (Phi) is 2.30. The third-order valence-corrected chi connectivity index (χ3v) is 5.19. The summed E-state index contributed by atoms with van der Waals surface area (Å²) in [5.41, 5.74) is 0.0266. The number of imidazole rings is 1. The predicted octanol–water partition coefficient (Wildman–Crippen LogP) is 0.772. The second-order valence-electron chi connectivity index (χ2n) is 3.55. The Morgan fingerprint density at radius 3 is 2.94 bits per heavy atom. The molecular weight excluding hydrogens is 310 g/mol. The number of fused-ring (bicyclic) bond motifs is 1. The third-order valence-electron chi connectivity index (χ3n) is 2.60. The lowest BCUT2D eigenvalue weighted by Gasteiger charge is -2.38. The van der Waals surface area contributed by atoms with Crippen LogP contribution in [0.5, 0.6) is 0 Å². The molecule has 3 heterocycles. The minimum atomic E-state index is -1.10. The Bertz CT molecular complexity index is 542. The molecule has 0 radical (unpaired) electrons. The molecule has 3 rings (SSSR count). The van der Waals surface area contributed by atoms with Crippen molar-refractivity contribution in [1.29, 1.82) is 0 Å². The second-order valence-corrected chi connectivity index (χ2v) is 5.64. The molecule has 6 nitrogen and oxygen atoms in total. The van der Waals surface area contributed by atoms with Crippen LogP contribution in [0.15, 0.2) is 24.4 Å². The Hall–Kier alpha value is -1.28. The number of halogens is 1. The van der Waals surface area contributed by atoms with Gasteiger partial charge in [-0.2, -0.15) is 0 Å². The zero-order valence-electron chi connectivity index (χ0n) is 8.28. The van der Waals surface area contributed by atoms with Crippen molar-refractivity contribution in [1.82, 2.24) is 14.5 Å². The number of amides is 1. The maximum atomic E-state index is 11.6. The highest BCUT2D eigenvalue weighted by Gasteiger charge is 2.55. The quantitative estimate of drug-likeness (QED) is 0.644. The Morgan fingerprint density at radius 1 is 1.59 bits per heavy atom. The van der Waals surface area contributed by atoms with Gasteiger partial charge in [-0.25, -0.2) is 9.78 Å². The van der Waals surface area contributed by atoms with Gasteiger partial charge in [0.1, 0.15) is 15.2 Å². The molecule has 0 aromatic carbocycles. The summed E-state index contributed by atoms with van der Waals surface area (Å²) in [6.07, 6.45) is 4.74. The van der Waals surface area contributed by atoms with Gasteiger partial charge in [0.2, 0.25) is 5.91 Å². The monoisotopic (exact) mass is 315 g/mol. The van der Waals surface area contributed by atoms with E-state index in [1.165, 1.54) is 23.0 Å². The molecule has 0 bridgehead atoms. The van der Waals surface area contributed by atoms with Crippen LogP contribution in [-0.4, -0.2) is 41.6 Å². The summed E-state index contributed by atoms with van der Waals surface area (Å²) < 4.78 is 1.61. The molecule has 17 heavy (non-hydrogen) atoms. The molecule has 88 valence electrons. The number of aromatic nitrogens is 2. The number of thioether (sulfide) groups is 1. The van der Waals surface area contributed by atoms with E-state index in [2.05, 4.69) is 20.9 Å². The summed E-state index contributed by atoms with van der Waals surface area (Å²) in [6.45, 7) is 0. The summed E-state index contributed by atoms with van der Waals surface area (Å²) in [5.74, 6) is -1.31. The number of nitrogens with zero attached hydrogens (tertiary/aromatic N) is 3. The van der Waals surface area contributed by atoms with Crippen LogP contribution in [0.4, 0.5) is 0 Å². The van der Waals surface area contributed by atoms with Crippen molar-refractivity contribution in [3.8, 4) is 0 Å². The van der Waals surface area contributed by atoms with E-state index in [9.17, 15) is 14.7 Å². The van der Waals surface area contributed by atoms with Gasteiger partial charge in [-0.15, -0.1) is 0 Å². The van der Waals surface area contributed by atoms with E-state index < -0.39 is 5.97 Å². The van der Waals surface area contributed by atoms with E-state index >= 15 is 0 Å². The van der Waals surface area contributed by atoms with Gasteiger partial charge in [0, 0.05) is 12.4 Å². The number of hydrogen-bond donors (Lipinski definition) is 1. The Morgan fingerprint density at radius 2 is 2.35 bits per heavy atom. The molecule has 1 aromatic rings. The maximum absolute atomic E-state index is 11.6. The molecule has 1 amide bonds. The van der Waals surface area contributed by atoms with E-state index in [0.717, 1.165) is 0 Å². The number of carbonyl (C=O) groups excluding carboxylic acids is 1. The lowest BCUT2D eigenvalue weighted by molar-refractivity contribution is -0.144. The van der Waals surface area contributed by atoms with Crippen LogP contribution in [0, 0.1) is 0 Å². The van der Waals surface area contributed by atoms with Crippen molar-refractivity contribution in [3.63, 3.8) is 0 Å². The lowest BCUT2D eigenvalue weighted by Crippen LogP contribution is -2.58. The molecule has 1 N–H and O–H groups in total. The van der Waals surface area contributed by atoms with E-state index in [1.54, 1.807) is 17.0 Å². The summed E-state index contributed by atoms with van der Waals surface area (Å²) in [4.78, 5) is 27.7. The molecule has 2 aliphatic rings. The Balaban J connectivity index is 2.08. The first-order chi connectivity index (χ1) is 8.11. The summed E-state index contributed by atoms with van der Waals surface area (Å²) >= 11 is 4.59. The number of rotatable bonds is 2. The van der Waals surface area contributed by atoms with E-state index in [4.69, 9.17) is 0 Å². The van der Waals surface area contributed by atoms with Crippen molar-refractivity contribution in [2.75, 3.05) is 0 Å². The summed E-state index contributed by atoms with van der Waals surface area (Å²) in [5, 5.41) is 9.54. The highest BCUT2D eigenvalue weighted by Crippen LogP contribution is 2.50. The fourth-order valence-electron chi connectivity index (χ4n) is 1.81. The topological polar surface area (TPSA) is 75.4 Å². The molecule has 8 heteroatoms. The van der Waals surface area contributed by atoms with Gasteiger partial charge in [0.05, 0.1) is 6.33 Å². The van der Waals surface area contributed by atoms with Gasteiger partial charge in [0.15, 0.2) is 5.70 Å². The van der Waals surface area contributed by atoms with E-state index in [0.29, 0.717) is 5.03 Å². The smallest absolute Gasteiger partial charge is 0.355 e. The first-order valence-corrected chi connectivity index (χ1v) is 6.50. The lowest BCUT2D eigenvalue weighted by atomic mass is 10.2. The second kappa shape index (κ2) is 3.61. The van der Waals surface area contributed by atoms with Crippen molar-refractivity contribution < 1.29 is 14.7 Å². The molecule has 2 aliphatic heterocycles. The minimum Gasteiger partial charge on any atom is -0.476 e. The number of alkyl halides is 1. The van der Waals surface area contributed by atoms with Gasteiger partial charge in [-0.1, -0.05) is 27.7 Å². The van der Waals surface area contributed by atoms with Crippen LogP contribution in [0.25, 0.3) is 5.03 Å². The summed E-state index contributed by atoms with van der Waals surface area (Å²) in [6, 6.07) is 0. The molecule has 0 spiro atoms. The van der Waals surface area contributed by atoms with Gasteiger partial charge >= 0.3 is 5.97 Å². The van der Waals surface area contributed by atoms with Gasteiger partial charge in [-0.05, 0) is 0 Å². The molecular formula is C9H6BrN3O3S. The SMILES string of the molecule is O=C(O)C1=C(n2ccnc2)S[C@@H]2C(Br)C(=O)N12. The van der Waals surface area contributed by atoms with Crippen LogP contribution >= 0.6 is 27.7 Å². The van der Waals surface area contributed by atoms with Crippen molar-refractivity contribution in [2.24, 2.45) is 0 Å². The van der Waals surface area contributed by atoms with Crippen LogP contribution in [0.1, 0.15) is 0 Å². The van der Waals surface area contributed by atoms with Crippen molar-refractivity contribution in [2.45, 2.75) is 10.2 Å². The fourth-order valence-corrected chi connectivity index (χ4v) is 3.90. The zero-order chi connectivity index (χ0) is 12.2. The van der Waals surface area contributed by atoms with Gasteiger partial charge < -0.3 is 5.11 Å². The number of carboxylic acid groups (broad SMARTS) is 1. The molecule has 1 aromatic heterocycles. The number of aliphatic carboxylic acids is 1.